The maximum absolute atomic E-state index is 12.5. The Morgan fingerprint density at radius 1 is 1.00 bits per heavy atom. The topological polar surface area (TPSA) is 55.1 Å². The van der Waals surface area contributed by atoms with E-state index in [4.69, 9.17) is 4.42 Å². The standard InChI is InChI=1S/C24H22N2O2/c1-15(2)18-10-13-22-21(14-18)26-24(28-22)17-8-11-19(12-9-17)25-23(27)20-7-5-4-6-16(20)3/h4-15H,1-3H3,(H,25,27). The Hall–Kier alpha value is -3.40. The van der Waals surface area contributed by atoms with Gasteiger partial charge < -0.3 is 9.73 Å². The Morgan fingerprint density at radius 3 is 2.46 bits per heavy atom. The smallest absolute Gasteiger partial charge is 0.255 e. The molecule has 4 heteroatoms. The van der Waals surface area contributed by atoms with Gasteiger partial charge in [-0.25, -0.2) is 4.98 Å². The van der Waals surface area contributed by atoms with Crippen molar-refractivity contribution in [2.24, 2.45) is 0 Å². The van der Waals surface area contributed by atoms with Crippen LogP contribution in [0.3, 0.4) is 0 Å². The summed E-state index contributed by atoms with van der Waals surface area (Å²) in [7, 11) is 0. The fourth-order valence-electron chi connectivity index (χ4n) is 3.15. The number of benzene rings is 3. The van der Waals surface area contributed by atoms with Gasteiger partial charge in [-0.2, -0.15) is 0 Å². The number of aryl methyl sites for hydroxylation is 1. The zero-order valence-corrected chi connectivity index (χ0v) is 16.2. The van der Waals surface area contributed by atoms with Gasteiger partial charge in [0.25, 0.3) is 5.91 Å². The molecule has 0 unspecified atom stereocenters. The van der Waals surface area contributed by atoms with Crippen LogP contribution in [0, 0.1) is 6.92 Å². The Morgan fingerprint density at radius 2 is 1.75 bits per heavy atom. The minimum absolute atomic E-state index is 0.117. The zero-order chi connectivity index (χ0) is 19.7. The van der Waals surface area contributed by atoms with E-state index in [0.29, 0.717) is 17.4 Å². The Labute approximate surface area is 164 Å². The first-order valence-electron chi connectivity index (χ1n) is 9.39. The van der Waals surface area contributed by atoms with Crippen molar-refractivity contribution in [3.05, 3.63) is 83.4 Å². The molecule has 0 radical (unpaired) electrons. The third-order valence-corrected chi connectivity index (χ3v) is 4.86. The van der Waals surface area contributed by atoms with Crippen molar-refractivity contribution in [3.63, 3.8) is 0 Å². The molecule has 0 bridgehead atoms. The normalized spacial score (nSPS) is 11.1. The minimum atomic E-state index is -0.117. The third-order valence-electron chi connectivity index (χ3n) is 4.86. The van der Waals surface area contributed by atoms with Gasteiger partial charge in [-0.3, -0.25) is 4.79 Å². The molecule has 0 spiro atoms. The number of rotatable bonds is 4. The largest absolute Gasteiger partial charge is 0.436 e. The molecule has 0 atom stereocenters. The van der Waals surface area contributed by atoms with Crippen molar-refractivity contribution in [1.29, 1.82) is 0 Å². The highest BCUT2D eigenvalue weighted by molar-refractivity contribution is 6.05. The van der Waals surface area contributed by atoms with Gasteiger partial charge >= 0.3 is 0 Å². The van der Waals surface area contributed by atoms with Crippen molar-refractivity contribution in [3.8, 4) is 11.5 Å². The molecule has 1 amide bonds. The summed E-state index contributed by atoms with van der Waals surface area (Å²) in [6.45, 7) is 6.24. The van der Waals surface area contributed by atoms with Crippen molar-refractivity contribution >= 4 is 22.7 Å². The van der Waals surface area contributed by atoms with E-state index in [-0.39, 0.29) is 5.91 Å². The molecule has 4 aromatic rings. The fourth-order valence-corrected chi connectivity index (χ4v) is 3.15. The van der Waals surface area contributed by atoms with Gasteiger partial charge in [-0.05, 0) is 66.4 Å². The quantitative estimate of drug-likeness (QED) is 0.467. The van der Waals surface area contributed by atoms with Crippen LogP contribution in [0.15, 0.2) is 71.1 Å². The Bertz CT molecular complexity index is 1140. The first-order valence-corrected chi connectivity index (χ1v) is 9.39. The molecule has 0 aliphatic rings. The maximum atomic E-state index is 12.5. The number of amides is 1. The van der Waals surface area contributed by atoms with Crippen molar-refractivity contribution in [2.45, 2.75) is 26.7 Å². The summed E-state index contributed by atoms with van der Waals surface area (Å²) in [6, 6.07) is 21.2. The Kier molecular flexibility index (Phi) is 4.70. The van der Waals surface area contributed by atoms with Gasteiger partial charge in [0, 0.05) is 16.8 Å². The van der Waals surface area contributed by atoms with Gasteiger partial charge in [0.2, 0.25) is 5.89 Å². The van der Waals surface area contributed by atoms with Crippen molar-refractivity contribution in [1.82, 2.24) is 4.98 Å². The second-order valence-corrected chi connectivity index (χ2v) is 7.25. The SMILES string of the molecule is Cc1ccccc1C(=O)Nc1ccc(-c2nc3cc(C(C)C)ccc3o2)cc1. The van der Waals surface area contributed by atoms with E-state index in [1.807, 2.05) is 61.5 Å². The van der Waals surface area contributed by atoms with E-state index >= 15 is 0 Å². The van der Waals surface area contributed by atoms with Crippen LogP contribution < -0.4 is 5.32 Å². The summed E-state index contributed by atoms with van der Waals surface area (Å²) < 4.78 is 5.90. The summed E-state index contributed by atoms with van der Waals surface area (Å²) in [5, 5.41) is 2.93. The lowest BCUT2D eigenvalue weighted by Gasteiger charge is -2.07. The summed E-state index contributed by atoms with van der Waals surface area (Å²) in [6.07, 6.45) is 0. The monoisotopic (exact) mass is 370 g/mol. The van der Waals surface area contributed by atoms with E-state index < -0.39 is 0 Å². The maximum Gasteiger partial charge on any atom is 0.255 e. The van der Waals surface area contributed by atoms with Gasteiger partial charge in [0.1, 0.15) is 5.52 Å². The van der Waals surface area contributed by atoms with Gasteiger partial charge in [-0.1, -0.05) is 38.1 Å². The van der Waals surface area contributed by atoms with Gasteiger partial charge in [-0.15, -0.1) is 0 Å². The van der Waals surface area contributed by atoms with E-state index in [2.05, 4.69) is 36.3 Å². The second-order valence-electron chi connectivity index (χ2n) is 7.25. The lowest BCUT2D eigenvalue weighted by Crippen LogP contribution is -2.13. The predicted octanol–water partition coefficient (Wildman–Crippen LogP) is 6.18. The van der Waals surface area contributed by atoms with Crippen molar-refractivity contribution < 1.29 is 9.21 Å². The van der Waals surface area contributed by atoms with Crippen molar-refractivity contribution in [2.75, 3.05) is 5.32 Å². The molecule has 0 saturated carbocycles. The lowest BCUT2D eigenvalue weighted by molar-refractivity contribution is 0.102. The number of hydrogen-bond donors (Lipinski definition) is 1. The van der Waals surface area contributed by atoms with Crippen LogP contribution in [0.4, 0.5) is 5.69 Å². The first-order chi connectivity index (χ1) is 13.5. The average Bonchev–Trinajstić information content (AvgIpc) is 3.12. The summed E-state index contributed by atoms with van der Waals surface area (Å²) in [5.74, 6) is 0.905. The van der Waals surface area contributed by atoms with Gasteiger partial charge in [0.05, 0.1) is 0 Å². The first kappa shape index (κ1) is 18.0. The summed E-state index contributed by atoms with van der Waals surface area (Å²) >= 11 is 0. The number of carbonyl (C=O) groups is 1. The summed E-state index contributed by atoms with van der Waals surface area (Å²) in [5.41, 5.74) is 6.10. The lowest BCUT2D eigenvalue weighted by atomic mass is 10.0. The molecule has 4 rings (SSSR count). The molecule has 4 nitrogen and oxygen atoms in total. The molecule has 0 aliphatic carbocycles. The molecule has 0 aliphatic heterocycles. The van der Waals surface area contributed by atoms with Crippen LogP contribution in [0.25, 0.3) is 22.6 Å². The number of nitrogens with one attached hydrogen (secondary N) is 1. The highest BCUT2D eigenvalue weighted by Gasteiger charge is 2.12. The molecular weight excluding hydrogens is 348 g/mol. The predicted molar refractivity (Wildman–Crippen MR) is 113 cm³/mol. The minimum Gasteiger partial charge on any atom is -0.436 e. The molecule has 1 aromatic heterocycles. The molecule has 28 heavy (non-hydrogen) atoms. The fraction of sp³-hybridized carbons (Fsp3) is 0.167. The number of oxazole rings is 1. The summed E-state index contributed by atoms with van der Waals surface area (Å²) in [4.78, 5) is 17.1. The van der Waals surface area contributed by atoms with Crippen LogP contribution in [-0.4, -0.2) is 10.9 Å². The average molecular weight is 370 g/mol. The van der Waals surface area contributed by atoms with E-state index in [9.17, 15) is 4.79 Å². The third kappa shape index (κ3) is 3.54. The second kappa shape index (κ2) is 7.31. The number of fused-ring (bicyclic) bond motifs is 1. The highest BCUT2D eigenvalue weighted by atomic mass is 16.3. The van der Waals surface area contributed by atoms with Crippen LogP contribution >= 0.6 is 0 Å². The highest BCUT2D eigenvalue weighted by Crippen LogP contribution is 2.27. The molecule has 0 fully saturated rings. The number of anilines is 1. The number of nitrogens with zero attached hydrogens (tertiary/aromatic N) is 1. The molecular formula is C24H22N2O2. The van der Waals surface area contributed by atoms with Crippen LogP contribution in [0.1, 0.15) is 41.3 Å². The van der Waals surface area contributed by atoms with Crippen LogP contribution in [-0.2, 0) is 0 Å². The molecule has 3 aromatic carbocycles. The van der Waals surface area contributed by atoms with E-state index in [0.717, 1.165) is 27.9 Å². The van der Waals surface area contributed by atoms with E-state index in [1.165, 1.54) is 5.56 Å². The molecule has 140 valence electrons. The molecule has 1 N–H and O–H groups in total. The van der Waals surface area contributed by atoms with Gasteiger partial charge in [0.15, 0.2) is 5.58 Å². The van der Waals surface area contributed by atoms with E-state index in [1.54, 1.807) is 0 Å². The van der Waals surface area contributed by atoms with Crippen LogP contribution in [0.5, 0.6) is 0 Å². The Balaban J connectivity index is 1.55. The molecule has 0 saturated heterocycles. The molecule has 1 heterocycles. The number of aromatic nitrogens is 1. The number of carbonyl (C=O) groups excluding carboxylic acids is 1. The van der Waals surface area contributed by atoms with Crippen LogP contribution in [0.2, 0.25) is 0 Å². The zero-order valence-electron chi connectivity index (χ0n) is 16.2. The number of hydrogen-bond acceptors (Lipinski definition) is 3.